The Balaban J connectivity index is 0.000000146. The third-order valence-electron chi connectivity index (χ3n) is 8.73. The number of aromatic amines is 1. The van der Waals surface area contributed by atoms with Gasteiger partial charge < -0.3 is 15.6 Å². The average Bonchev–Trinajstić information content (AvgIpc) is 3.91. The van der Waals surface area contributed by atoms with Gasteiger partial charge in [0.15, 0.2) is 0 Å². The number of nitrogens with zero attached hydrogens (tertiary/aromatic N) is 3. The smallest absolute Gasteiger partial charge is 0.110 e. The lowest BCUT2D eigenvalue weighted by Crippen LogP contribution is -2.23. The fraction of sp³-hybridized carbons (Fsp3) is 0.293. The van der Waals surface area contributed by atoms with E-state index in [1.54, 1.807) is 6.20 Å². The van der Waals surface area contributed by atoms with Crippen molar-refractivity contribution in [2.75, 3.05) is 26.2 Å². The zero-order valence-corrected chi connectivity index (χ0v) is 31.8. The molecular weight excluding hydrogens is 739 g/mol. The van der Waals surface area contributed by atoms with Crippen LogP contribution < -0.4 is 10.6 Å². The van der Waals surface area contributed by atoms with Crippen LogP contribution in [0.3, 0.4) is 0 Å². The van der Waals surface area contributed by atoms with E-state index in [1.807, 2.05) is 18.3 Å². The predicted molar refractivity (Wildman–Crippen MR) is 215 cm³/mol. The number of amidine groups is 2. The highest BCUT2D eigenvalue weighted by atomic mass is 127. The first kappa shape index (κ1) is 36.3. The Morgan fingerprint density at radius 3 is 2.06 bits per heavy atom. The molecule has 49 heavy (non-hydrogen) atoms. The maximum Gasteiger partial charge on any atom is 0.110 e. The van der Waals surface area contributed by atoms with E-state index in [0.717, 1.165) is 68.0 Å². The lowest BCUT2D eigenvalue weighted by atomic mass is 9.97. The van der Waals surface area contributed by atoms with Crippen molar-refractivity contribution in [2.45, 2.75) is 52.9 Å². The summed E-state index contributed by atoms with van der Waals surface area (Å²) in [4.78, 5) is 16.3. The van der Waals surface area contributed by atoms with Gasteiger partial charge in [0.25, 0.3) is 0 Å². The van der Waals surface area contributed by atoms with Gasteiger partial charge in [-0.2, -0.15) is 0 Å². The highest BCUT2D eigenvalue weighted by Crippen LogP contribution is 2.23. The summed E-state index contributed by atoms with van der Waals surface area (Å²) in [5.41, 5.74) is 10.6. The van der Waals surface area contributed by atoms with Gasteiger partial charge in [0.1, 0.15) is 17.5 Å². The lowest BCUT2D eigenvalue weighted by Gasteiger charge is -2.13. The number of aryl methyl sites for hydroxylation is 3. The van der Waals surface area contributed by atoms with Crippen LogP contribution >= 0.6 is 34.2 Å². The van der Waals surface area contributed by atoms with E-state index < -0.39 is 0 Å². The molecule has 4 aromatic carbocycles. The Hall–Kier alpha value is -3.95. The van der Waals surface area contributed by atoms with Gasteiger partial charge in [-0.1, -0.05) is 96.9 Å². The molecule has 5 aromatic rings. The molecule has 0 saturated heterocycles. The first-order valence-electron chi connectivity index (χ1n) is 16.9. The molecule has 2 aliphatic rings. The summed E-state index contributed by atoms with van der Waals surface area (Å²) in [6, 6.07) is 29.9. The first-order valence-corrected chi connectivity index (χ1v) is 18.4. The molecule has 0 bridgehead atoms. The van der Waals surface area contributed by atoms with Crippen molar-refractivity contribution >= 4 is 45.9 Å². The maximum absolute atomic E-state index is 6.12. The third-order valence-corrected chi connectivity index (χ3v) is 10.1. The highest BCUT2D eigenvalue weighted by Gasteiger charge is 2.15. The van der Waals surface area contributed by atoms with Crippen LogP contribution in [0.15, 0.2) is 107 Å². The molecule has 2 aliphatic heterocycles. The number of benzene rings is 4. The lowest BCUT2D eigenvalue weighted by molar-refractivity contribution is 0.918. The molecule has 3 heterocycles. The summed E-state index contributed by atoms with van der Waals surface area (Å²) in [7, 11) is 0. The van der Waals surface area contributed by atoms with E-state index in [9.17, 15) is 0 Å². The average molecular weight is 785 g/mol. The topological polar surface area (TPSA) is 77.5 Å². The molecule has 0 saturated carbocycles. The summed E-state index contributed by atoms with van der Waals surface area (Å²) >= 11 is 8.43. The second-order valence-electron chi connectivity index (χ2n) is 12.5. The predicted octanol–water partition coefficient (Wildman–Crippen LogP) is 8.80. The fourth-order valence-corrected chi connectivity index (χ4v) is 7.19. The Kier molecular flexibility index (Phi) is 13.5. The van der Waals surface area contributed by atoms with E-state index in [0.29, 0.717) is 5.92 Å². The van der Waals surface area contributed by atoms with E-state index in [4.69, 9.17) is 11.6 Å². The summed E-state index contributed by atoms with van der Waals surface area (Å²) in [5.74, 6) is 3.57. The summed E-state index contributed by atoms with van der Waals surface area (Å²) in [6.07, 6.45) is 6.37. The molecule has 8 heteroatoms. The molecule has 1 aromatic heterocycles. The van der Waals surface area contributed by atoms with Crippen LogP contribution in [0.4, 0.5) is 0 Å². The number of H-pyrrole nitrogens is 1. The van der Waals surface area contributed by atoms with Gasteiger partial charge in [-0.05, 0) is 101 Å². The third kappa shape index (κ3) is 10.8. The van der Waals surface area contributed by atoms with Crippen LogP contribution in [0, 0.1) is 24.3 Å². The number of rotatable bonds is 8. The summed E-state index contributed by atoms with van der Waals surface area (Å²) in [5, 5.41) is 7.43. The molecule has 0 aliphatic carbocycles. The van der Waals surface area contributed by atoms with Crippen LogP contribution in [0.25, 0.3) is 0 Å². The van der Waals surface area contributed by atoms with Gasteiger partial charge in [0, 0.05) is 52.8 Å². The van der Waals surface area contributed by atoms with Gasteiger partial charge in [0.05, 0.1) is 13.1 Å². The zero-order valence-electron chi connectivity index (χ0n) is 28.9. The molecule has 254 valence electrons. The van der Waals surface area contributed by atoms with Gasteiger partial charge in [-0.15, -0.1) is 0 Å². The second kappa shape index (κ2) is 18.2. The quantitative estimate of drug-likeness (QED) is 0.138. The van der Waals surface area contributed by atoms with Crippen LogP contribution in [0.2, 0.25) is 5.02 Å². The second-order valence-corrected chi connectivity index (χ2v) is 14.1. The number of hydrogen-bond acceptors (Lipinski definition) is 5. The van der Waals surface area contributed by atoms with E-state index in [2.05, 4.69) is 154 Å². The molecular formula is C41H46ClIN6. The summed E-state index contributed by atoms with van der Waals surface area (Å²) < 4.78 is 1.20. The molecule has 6 nitrogen and oxygen atoms in total. The Morgan fingerprint density at radius 2 is 1.45 bits per heavy atom. The van der Waals surface area contributed by atoms with Crippen molar-refractivity contribution in [2.24, 2.45) is 9.98 Å². The maximum atomic E-state index is 6.12. The van der Waals surface area contributed by atoms with Gasteiger partial charge in [-0.25, -0.2) is 4.98 Å². The number of hydrogen-bond donors (Lipinski definition) is 3. The summed E-state index contributed by atoms with van der Waals surface area (Å²) in [6.45, 7) is 12.4. The van der Waals surface area contributed by atoms with Crippen molar-refractivity contribution in [1.29, 1.82) is 0 Å². The molecule has 0 fully saturated rings. The largest absolute Gasteiger partial charge is 0.372 e. The molecule has 1 atom stereocenters. The van der Waals surface area contributed by atoms with Crippen LogP contribution in [-0.4, -0.2) is 47.8 Å². The number of aromatic nitrogens is 2. The van der Waals surface area contributed by atoms with E-state index in [1.165, 1.54) is 48.1 Å². The number of halogens is 2. The van der Waals surface area contributed by atoms with Crippen LogP contribution in [0.1, 0.15) is 63.2 Å². The van der Waals surface area contributed by atoms with Crippen LogP contribution in [0.5, 0.6) is 0 Å². The highest BCUT2D eigenvalue weighted by molar-refractivity contribution is 14.1. The number of aliphatic imine (C=N–C) groups is 2. The molecule has 0 amide bonds. The minimum absolute atomic E-state index is 0.364. The zero-order chi connectivity index (χ0) is 34.6. The molecule has 0 radical (unpaired) electrons. The minimum atomic E-state index is 0.364. The number of nitrogens with one attached hydrogen (secondary N) is 3. The molecule has 3 N–H and O–H groups in total. The van der Waals surface area contributed by atoms with Crippen molar-refractivity contribution in [3.8, 4) is 0 Å². The monoisotopic (exact) mass is 784 g/mol. The van der Waals surface area contributed by atoms with Crippen molar-refractivity contribution < 1.29 is 0 Å². The minimum Gasteiger partial charge on any atom is -0.372 e. The molecule has 7 rings (SSSR count). The van der Waals surface area contributed by atoms with Crippen molar-refractivity contribution in [3.63, 3.8) is 0 Å². The molecule has 0 spiro atoms. The Morgan fingerprint density at radius 1 is 0.755 bits per heavy atom. The Bertz CT molecular complexity index is 1810. The van der Waals surface area contributed by atoms with Gasteiger partial charge in [0.2, 0.25) is 0 Å². The number of imidazole rings is 1. The van der Waals surface area contributed by atoms with Gasteiger partial charge in [-0.3, -0.25) is 9.98 Å². The van der Waals surface area contributed by atoms with Crippen LogP contribution in [-0.2, 0) is 19.3 Å². The van der Waals surface area contributed by atoms with Crippen molar-refractivity contribution in [3.05, 3.63) is 156 Å². The van der Waals surface area contributed by atoms with Crippen molar-refractivity contribution in [1.82, 2.24) is 20.6 Å². The van der Waals surface area contributed by atoms with E-state index >= 15 is 0 Å². The van der Waals surface area contributed by atoms with E-state index in [-0.39, 0.29) is 0 Å². The Labute approximate surface area is 310 Å². The first-order chi connectivity index (χ1) is 23.8. The SMILES string of the molecule is CC(C1=NCCN1)c1ccc(Cc2ccccc2)cc1.Cc1cc(C)c(Cc2ncc[nH]2)c(C)c1.Clc1cccc(I)c1CC1=NCCN1. The molecule has 1 unspecified atom stereocenters. The normalized spacial score (nSPS) is 13.9. The van der Waals surface area contributed by atoms with Gasteiger partial charge >= 0.3 is 0 Å². The fourth-order valence-electron chi connectivity index (χ4n) is 6.10. The standard InChI is InChI=1S/C18H20N2.C13H16N2.C10H10ClIN2/c1-14(18-19-11-12-20-18)17-9-7-16(8-10-17)13-15-5-3-2-4-6-15;1-9-6-10(2)12(11(3)7-9)8-13-14-4-5-15-13;11-8-2-1-3-9(12)7(8)6-10-13-4-5-14-10/h2-10,14H,11-13H2,1H3,(H,19,20);4-7H,8H2,1-3H3,(H,14,15);1-3H,4-6H2,(H,13,14).